The molecule has 1 N–H and O–H groups in total. The Morgan fingerprint density at radius 1 is 1.42 bits per heavy atom. The van der Waals surface area contributed by atoms with Crippen LogP contribution in [0.2, 0.25) is 0 Å². The van der Waals surface area contributed by atoms with Crippen molar-refractivity contribution >= 4 is 0 Å². The van der Waals surface area contributed by atoms with E-state index in [-0.39, 0.29) is 0 Å². The van der Waals surface area contributed by atoms with Crippen LogP contribution in [0.3, 0.4) is 0 Å². The average Bonchev–Trinajstić information content (AvgIpc) is 2.05. The van der Waals surface area contributed by atoms with Gasteiger partial charge in [-0.2, -0.15) is 0 Å². The van der Waals surface area contributed by atoms with Crippen LogP contribution in [0.25, 0.3) is 0 Å². The first kappa shape index (κ1) is 10.0. The fourth-order valence-corrected chi connectivity index (χ4v) is 1.62. The molecule has 0 bridgehead atoms. The molecule has 1 aliphatic heterocycles. The molecule has 1 rings (SSSR count). The normalized spacial score (nSPS) is 24.8. The van der Waals surface area contributed by atoms with Crippen molar-refractivity contribution in [3.63, 3.8) is 0 Å². The summed E-state index contributed by atoms with van der Waals surface area (Å²) in [7, 11) is 0. The maximum Gasteiger partial charge on any atom is 0.0518 e. The molecule has 0 aromatic heterocycles. The monoisotopic (exact) mass is 171 g/mol. The van der Waals surface area contributed by atoms with Crippen LogP contribution in [0.4, 0.5) is 0 Å². The van der Waals surface area contributed by atoms with E-state index in [1.165, 1.54) is 32.2 Å². The van der Waals surface area contributed by atoms with Gasteiger partial charge in [0.15, 0.2) is 0 Å². The molecule has 0 radical (unpaired) electrons. The van der Waals surface area contributed by atoms with Crippen molar-refractivity contribution in [3.05, 3.63) is 0 Å². The molecular weight excluding hydrogens is 150 g/mol. The highest BCUT2D eigenvalue weighted by molar-refractivity contribution is 4.71. The smallest absolute Gasteiger partial charge is 0.0518 e. The van der Waals surface area contributed by atoms with Gasteiger partial charge in [-0.15, -0.1) is 0 Å². The lowest BCUT2D eigenvalue weighted by molar-refractivity contribution is 0.0697. The minimum Gasteiger partial charge on any atom is -0.379 e. The van der Waals surface area contributed by atoms with Crippen molar-refractivity contribution in [1.82, 2.24) is 5.32 Å². The fourth-order valence-electron chi connectivity index (χ4n) is 1.62. The van der Waals surface area contributed by atoms with Crippen molar-refractivity contribution in [3.8, 4) is 0 Å². The summed E-state index contributed by atoms with van der Waals surface area (Å²) in [6.07, 6.45) is 5.63. The molecule has 0 unspecified atom stereocenters. The second-order valence-electron chi connectivity index (χ2n) is 3.86. The zero-order valence-electron chi connectivity index (χ0n) is 8.31. The SMILES string of the molecule is CC(C)OCC[C@H]1CCCCN1. The molecule has 72 valence electrons. The van der Waals surface area contributed by atoms with Gasteiger partial charge >= 0.3 is 0 Å². The molecule has 0 saturated carbocycles. The molecule has 1 aliphatic rings. The Labute approximate surface area is 75.7 Å². The first-order chi connectivity index (χ1) is 5.79. The van der Waals surface area contributed by atoms with Gasteiger partial charge in [0.2, 0.25) is 0 Å². The first-order valence-electron chi connectivity index (χ1n) is 5.14. The maximum atomic E-state index is 5.50. The molecule has 0 spiro atoms. The van der Waals surface area contributed by atoms with E-state index in [1.807, 2.05) is 0 Å². The van der Waals surface area contributed by atoms with Crippen LogP contribution in [-0.4, -0.2) is 25.3 Å². The summed E-state index contributed by atoms with van der Waals surface area (Å²) in [5, 5.41) is 3.51. The van der Waals surface area contributed by atoms with Gasteiger partial charge in [0, 0.05) is 12.6 Å². The number of rotatable bonds is 4. The first-order valence-corrected chi connectivity index (χ1v) is 5.14. The van der Waals surface area contributed by atoms with E-state index in [4.69, 9.17) is 4.74 Å². The summed E-state index contributed by atoms with van der Waals surface area (Å²) in [5.74, 6) is 0. The summed E-state index contributed by atoms with van der Waals surface area (Å²) < 4.78 is 5.50. The summed E-state index contributed by atoms with van der Waals surface area (Å²) >= 11 is 0. The standard InChI is InChI=1S/C10H21NO/c1-9(2)12-8-6-10-5-3-4-7-11-10/h9-11H,3-8H2,1-2H3/t10-/m1/s1. The second-order valence-corrected chi connectivity index (χ2v) is 3.86. The van der Waals surface area contributed by atoms with Crippen LogP contribution >= 0.6 is 0 Å². The lowest BCUT2D eigenvalue weighted by atomic mass is 10.0. The van der Waals surface area contributed by atoms with Crippen LogP contribution in [0.5, 0.6) is 0 Å². The molecule has 0 aliphatic carbocycles. The predicted octanol–water partition coefficient (Wildman–Crippen LogP) is 1.94. The minimum absolute atomic E-state index is 0.383. The molecule has 0 amide bonds. The molecule has 1 fully saturated rings. The Hall–Kier alpha value is -0.0800. The Morgan fingerprint density at radius 2 is 2.25 bits per heavy atom. The number of ether oxygens (including phenoxy) is 1. The van der Waals surface area contributed by atoms with Crippen molar-refractivity contribution in [2.45, 2.75) is 51.7 Å². The van der Waals surface area contributed by atoms with Crippen LogP contribution in [0.1, 0.15) is 39.5 Å². The van der Waals surface area contributed by atoms with Crippen molar-refractivity contribution in [2.24, 2.45) is 0 Å². The van der Waals surface area contributed by atoms with E-state index in [2.05, 4.69) is 19.2 Å². The van der Waals surface area contributed by atoms with Crippen molar-refractivity contribution in [1.29, 1.82) is 0 Å². The Kier molecular flexibility index (Phi) is 4.62. The Morgan fingerprint density at radius 3 is 2.83 bits per heavy atom. The maximum absolute atomic E-state index is 5.50. The number of hydrogen-bond acceptors (Lipinski definition) is 2. The highest BCUT2D eigenvalue weighted by atomic mass is 16.5. The van der Waals surface area contributed by atoms with Crippen LogP contribution in [0.15, 0.2) is 0 Å². The Bertz CT molecular complexity index is 108. The van der Waals surface area contributed by atoms with E-state index < -0.39 is 0 Å². The third kappa shape index (κ3) is 4.07. The van der Waals surface area contributed by atoms with Crippen LogP contribution < -0.4 is 5.32 Å². The largest absolute Gasteiger partial charge is 0.379 e. The third-order valence-electron chi connectivity index (χ3n) is 2.33. The van der Waals surface area contributed by atoms with Gasteiger partial charge in [-0.1, -0.05) is 6.42 Å². The summed E-state index contributed by atoms with van der Waals surface area (Å²) in [6.45, 7) is 6.30. The van der Waals surface area contributed by atoms with Crippen molar-refractivity contribution < 1.29 is 4.74 Å². The van der Waals surface area contributed by atoms with Gasteiger partial charge in [0.1, 0.15) is 0 Å². The predicted molar refractivity (Wildman–Crippen MR) is 51.3 cm³/mol. The van der Waals surface area contributed by atoms with Crippen LogP contribution in [-0.2, 0) is 4.74 Å². The van der Waals surface area contributed by atoms with E-state index >= 15 is 0 Å². The molecule has 2 heteroatoms. The van der Waals surface area contributed by atoms with Gasteiger partial charge in [0.25, 0.3) is 0 Å². The third-order valence-corrected chi connectivity index (χ3v) is 2.33. The van der Waals surface area contributed by atoms with Crippen LogP contribution in [0, 0.1) is 0 Å². The molecular formula is C10H21NO. The van der Waals surface area contributed by atoms with E-state index in [9.17, 15) is 0 Å². The molecule has 2 nitrogen and oxygen atoms in total. The van der Waals surface area contributed by atoms with Gasteiger partial charge in [0.05, 0.1) is 6.10 Å². The van der Waals surface area contributed by atoms with E-state index in [1.54, 1.807) is 0 Å². The topological polar surface area (TPSA) is 21.3 Å². The van der Waals surface area contributed by atoms with Gasteiger partial charge in [-0.3, -0.25) is 0 Å². The highest BCUT2D eigenvalue weighted by Gasteiger charge is 2.11. The summed E-state index contributed by atoms with van der Waals surface area (Å²) in [4.78, 5) is 0. The number of hydrogen-bond donors (Lipinski definition) is 1. The van der Waals surface area contributed by atoms with Gasteiger partial charge < -0.3 is 10.1 Å². The summed E-state index contributed by atoms with van der Waals surface area (Å²) in [6, 6.07) is 0.720. The molecule has 0 aromatic carbocycles. The zero-order valence-corrected chi connectivity index (χ0v) is 8.31. The van der Waals surface area contributed by atoms with E-state index in [0.29, 0.717) is 6.10 Å². The average molecular weight is 171 g/mol. The van der Waals surface area contributed by atoms with E-state index in [0.717, 1.165) is 12.6 Å². The molecule has 1 saturated heterocycles. The number of nitrogens with one attached hydrogen (secondary N) is 1. The Balaban J connectivity index is 1.98. The molecule has 1 heterocycles. The molecule has 12 heavy (non-hydrogen) atoms. The minimum atomic E-state index is 0.383. The lowest BCUT2D eigenvalue weighted by Gasteiger charge is -2.23. The van der Waals surface area contributed by atoms with Gasteiger partial charge in [-0.05, 0) is 39.7 Å². The molecule has 1 atom stereocenters. The highest BCUT2D eigenvalue weighted by Crippen LogP contribution is 2.10. The van der Waals surface area contributed by atoms with Gasteiger partial charge in [-0.25, -0.2) is 0 Å². The quantitative estimate of drug-likeness (QED) is 0.698. The second kappa shape index (κ2) is 5.55. The van der Waals surface area contributed by atoms with Crippen molar-refractivity contribution in [2.75, 3.05) is 13.2 Å². The number of piperidine rings is 1. The fraction of sp³-hybridized carbons (Fsp3) is 1.00. The molecule has 0 aromatic rings. The summed E-state index contributed by atoms with van der Waals surface area (Å²) in [5.41, 5.74) is 0. The zero-order chi connectivity index (χ0) is 8.81. The lowest BCUT2D eigenvalue weighted by Crippen LogP contribution is -2.34.